The highest BCUT2D eigenvalue weighted by molar-refractivity contribution is 7.89. The molecule has 104 valence electrons. The summed E-state index contributed by atoms with van der Waals surface area (Å²) in [5.74, 6) is -2.00. The second-order valence-corrected chi connectivity index (χ2v) is 5.80. The lowest BCUT2D eigenvalue weighted by Crippen LogP contribution is -2.34. The van der Waals surface area contributed by atoms with Crippen molar-refractivity contribution in [3.63, 3.8) is 0 Å². The van der Waals surface area contributed by atoms with Crippen molar-refractivity contribution in [3.8, 4) is 0 Å². The molecular formula is C10H12N2O6S. The van der Waals surface area contributed by atoms with Gasteiger partial charge >= 0.3 is 5.97 Å². The normalized spacial score (nSPS) is 17.8. The summed E-state index contributed by atoms with van der Waals surface area (Å²) in [4.78, 5) is 21.8. The van der Waals surface area contributed by atoms with E-state index in [9.17, 15) is 18.0 Å². The van der Waals surface area contributed by atoms with Crippen molar-refractivity contribution in [2.75, 3.05) is 19.6 Å². The third-order valence-electron chi connectivity index (χ3n) is 2.66. The van der Waals surface area contributed by atoms with Crippen LogP contribution in [0.15, 0.2) is 21.6 Å². The molecule has 8 nitrogen and oxygen atoms in total. The summed E-state index contributed by atoms with van der Waals surface area (Å²) in [5, 5.41) is 10.8. The van der Waals surface area contributed by atoms with Gasteiger partial charge in [-0.1, -0.05) is 0 Å². The van der Waals surface area contributed by atoms with E-state index in [2.05, 4.69) is 5.32 Å². The fraction of sp³-hybridized carbons (Fsp3) is 0.400. The van der Waals surface area contributed by atoms with E-state index in [0.717, 1.165) is 16.4 Å². The standard InChI is InChI=1S/C10H12N2O6S/c13-8-3-5-12(6-4-11-8)19(16,17)9-2-1-7(18-9)10(14)15/h1-2H,3-6H2,(H,11,13)(H,14,15). The van der Waals surface area contributed by atoms with E-state index in [1.54, 1.807) is 0 Å². The molecule has 1 amide bonds. The van der Waals surface area contributed by atoms with Crippen molar-refractivity contribution in [2.45, 2.75) is 11.5 Å². The van der Waals surface area contributed by atoms with Crippen LogP contribution in [0.5, 0.6) is 0 Å². The highest BCUT2D eigenvalue weighted by Gasteiger charge is 2.30. The van der Waals surface area contributed by atoms with E-state index >= 15 is 0 Å². The zero-order valence-corrected chi connectivity index (χ0v) is 10.6. The number of amides is 1. The number of carbonyl (C=O) groups is 2. The summed E-state index contributed by atoms with van der Waals surface area (Å²) in [6.07, 6.45) is 0.0612. The summed E-state index contributed by atoms with van der Waals surface area (Å²) in [6, 6.07) is 2.18. The van der Waals surface area contributed by atoms with Gasteiger partial charge in [0.1, 0.15) is 0 Å². The zero-order chi connectivity index (χ0) is 14.0. The molecule has 0 aromatic carbocycles. The number of furan rings is 1. The van der Waals surface area contributed by atoms with Gasteiger partial charge in [-0.15, -0.1) is 0 Å². The average molecular weight is 288 g/mol. The molecule has 9 heteroatoms. The Morgan fingerprint density at radius 3 is 2.74 bits per heavy atom. The van der Waals surface area contributed by atoms with Gasteiger partial charge in [-0.2, -0.15) is 4.31 Å². The summed E-state index contributed by atoms with van der Waals surface area (Å²) in [5.41, 5.74) is 0. The van der Waals surface area contributed by atoms with Crippen molar-refractivity contribution in [1.82, 2.24) is 9.62 Å². The van der Waals surface area contributed by atoms with E-state index < -0.39 is 26.8 Å². The van der Waals surface area contributed by atoms with Gasteiger partial charge in [0.25, 0.3) is 10.0 Å². The average Bonchev–Trinajstić information content (AvgIpc) is 2.74. The molecule has 0 aliphatic carbocycles. The quantitative estimate of drug-likeness (QED) is 0.773. The lowest BCUT2D eigenvalue weighted by molar-refractivity contribution is -0.120. The first kappa shape index (κ1) is 13.6. The molecule has 0 atom stereocenters. The third-order valence-corrected chi connectivity index (χ3v) is 4.43. The molecule has 0 saturated carbocycles. The Morgan fingerprint density at radius 2 is 2.11 bits per heavy atom. The molecule has 1 aromatic heterocycles. The zero-order valence-electron chi connectivity index (χ0n) is 9.83. The van der Waals surface area contributed by atoms with Crippen molar-refractivity contribution in [1.29, 1.82) is 0 Å². The molecule has 2 heterocycles. The second-order valence-electron chi connectivity index (χ2n) is 3.93. The summed E-state index contributed by atoms with van der Waals surface area (Å²) < 4.78 is 30.3. The molecule has 1 aliphatic rings. The van der Waals surface area contributed by atoms with Gasteiger partial charge in [-0.25, -0.2) is 13.2 Å². The first-order valence-corrected chi connectivity index (χ1v) is 6.95. The predicted molar refractivity (Wildman–Crippen MR) is 62.1 cm³/mol. The molecule has 1 fully saturated rings. The number of nitrogens with one attached hydrogen (secondary N) is 1. The largest absolute Gasteiger partial charge is 0.475 e. The Morgan fingerprint density at radius 1 is 1.37 bits per heavy atom. The van der Waals surface area contributed by atoms with E-state index in [4.69, 9.17) is 9.52 Å². The van der Waals surface area contributed by atoms with Gasteiger partial charge in [-0.3, -0.25) is 4.79 Å². The molecule has 1 aliphatic heterocycles. The van der Waals surface area contributed by atoms with Crippen molar-refractivity contribution < 1.29 is 27.5 Å². The third kappa shape index (κ3) is 2.76. The van der Waals surface area contributed by atoms with Gasteiger partial charge < -0.3 is 14.8 Å². The Hall–Kier alpha value is -1.87. The van der Waals surface area contributed by atoms with E-state index in [-0.39, 0.29) is 32.0 Å². The maximum atomic E-state index is 12.2. The fourth-order valence-corrected chi connectivity index (χ4v) is 3.04. The van der Waals surface area contributed by atoms with E-state index in [0.29, 0.717) is 0 Å². The SMILES string of the molecule is O=C1CCN(S(=O)(=O)c2ccc(C(=O)O)o2)CCN1. The summed E-state index contributed by atoms with van der Waals surface area (Å²) >= 11 is 0. The van der Waals surface area contributed by atoms with E-state index in [1.165, 1.54) is 0 Å². The molecule has 2 N–H and O–H groups in total. The summed E-state index contributed by atoms with van der Waals surface area (Å²) in [7, 11) is -3.91. The maximum Gasteiger partial charge on any atom is 0.371 e. The monoisotopic (exact) mass is 288 g/mol. The van der Waals surface area contributed by atoms with Crippen LogP contribution in [0.1, 0.15) is 17.0 Å². The fourth-order valence-electron chi connectivity index (χ4n) is 1.69. The first-order valence-electron chi connectivity index (χ1n) is 5.51. The van der Waals surface area contributed by atoms with E-state index in [1.807, 2.05) is 0 Å². The number of hydrogen-bond donors (Lipinski definition) is 2. The number of nitrogens with zero attached hydrogens (tertiary/aromatic N) is 1. The maximum absolute atomic E-state index is 12.2. The van der Waals surface area contributed by atoms with Crippen LogP contribution in [0.4, 0.5) is 0 Å². The van der Waals surface area contributed by atoms with Crippen LogP contribution in [-0.2, 0) is 14.8 Å². The molecule has 0 spiro atoms. The molecule has 19 heavy (non-hydrogen) atoms. The highest BCUT2D eigenvalue weighted by Crippen LogP contribution is 2.19. The molecule has 0 unspecified atom stereocenters. The van der Waals surface area contributed by atoms with Crippen LogP contribution in [-0.4, -0.2) is 49.3 Å². The minimum absolute atomic E-state index is 0.0390. The lowest BCUT2D eigenvalue weighted by Gasteiger charge is -2.17. The smallest absolute Gasteiger partial charge is 0.371 e. The van der Waals surface area contributed by atoms with Crippen LogP contribution in [0.3, 0.4) is 0 Å². The number of carboxylic acids is 1. The number of aromatic carboxylic acids is 1. The number of sulfonamides is 1. The molecule has 2 rings (SSSR count). The second kappa shape index (κ2) is 5.02. The number of carboxylic acid groups (broad SMARTS) is 1. The van der Waals surface area contributed by atoms with Gasteiger partial charge in [0.05, 0.1) is 0 Å². The van der Waals surface area contributed by atoms with Crippen molar-refractivity contribution >= 4 is 21.9 Å². The van der Waals surface area contributed by atoms with Crippen LogP contribution in [0.25, 0.3) is 0 Å². The first-order chi connectivity index (χ1) is 8.91. The Balaban J connectivity index is 2.25. The van der Waals surface area contributed by atoms with Crippen LogP contribution in [0, 0.1) is 0 Å². The molecule has 0 bridgehead atoms. The van der Waals surface area contributed by atoms with Crippen LogP contribution >= 0.6 is 0 Å². The van der Waals surface area contributed by atoms with Crippen LogP contribution < -0.4 is 5.32 Å². The number of rotatable bonds is 3. The number of hydrogen-bond acceptors (Lipinski definition) is 5. The summed E-state index contributed by atoms with van der Waals surface area (Å²) in [6.45, 7) is 0.374. The Kier molecular flexibility index (Phi) is 3.58. The molecular weight excluding hydrogens is 276 g/mol. The van der Waals surface area contributed by atoms with Gasteiger partial charge in [0.15, 0.2) is 0 Å². The minimum atomic E-state index is -3.91. The van der Waals surface area contributed by atoms with Crippen LogP contribution in [0.2, 0.25) is 0 Å². The topological polar surface area (TPSA) is 117 Å². The minimum Gasteiger partial charge on any atom is -0.475 e. The highest BCUT2D eigenvalue weighted by atomic mass is 32.2. The molecule has 1 saturated heterocycles. The predicted octanol–water partition coefficient (Wildman–Crippen LogP) is -0.512. The van der Waals surface area contributed by atoms with Gasteiger partial charge in [0.2, 0.25) is 16.8 Å². The molecule has 0 radical (unpaired) electrons. The van der Waals surface area contributed by atoms with Crippen molar-refractivity contribution in [2.24, 2.45) is 0 Å². The number of carbonyl (C=O) groups excluding carboxylic acids is 1. The Bertz CT molecular complexity index is 605. The lowest BCUT2D eigenvalue weighted by atomic mass is 10.4. The molecule has 1 aromatic rings. The van der Waals surface area contributed by atoms with Gasteiger partial charge in [-0.05, 0) is 12.1 Å². The van der Waals surface area contributed by atoms with Crippen molar-refractivity contribution in [3.05, 3.63) is 17.9 Å². The Labute approximate surface area is 109 Å². The van der Waals surface area contributed by atoms with Gasteiger partial charge in [0, 0.05) is 26.1 Å².